The van der Waals surface area contributed by atoms with Crippen molar-refractivity contribution in [2.24, 2.45) is 0 Å². The summed E-state index contributed by atoms with van der Waals surface area (Å²) >= 11 is 0. The van der Waals surface area contributed by atoms with Crippen LogP contribution in [-0.4, -0.2) is 105 Å². The molecule has 9 heteroatoms. The third-order valence-electron chi connectivity index (χ3n) is 1.70. The molecule has 0 rings (SSSR count). The van der Waals surface area contributed by atoms with Gasteiger partial charge >= 0.3 is 35.5 Å². The molecule has 0 aliphatic heterocycles. The van der Waals surface area contributed by atoms with Crippen LogP contribution in [0.3, 0.4) is 0 Å². The molecule has 0 heterocycles. The summed E-state index contributed by atoms with van der Waals surface area (Å²) in [6.07, 6.45) is -5.43. The number of ketones is 1. The number of aliphatic hydroxyl groups excluding tert-OH is 4. The molecule has 0 unspecified atom stereocenters. The monoisotopic (exact) mass is 262 g/mol. The molecular formula is C8H15NaO8. The Balaban J connectivity index is 0. The number of hydrogen-bond acceptors (Lipinski definition) is 7. The molecule has 0 fully saturated rings. The average molecular weight is 262 g/mol. The molecule has 0 bridgehead atoms. The topological polar surface area (TPSA) is 145 Å². The van der Waals surface area contributed by atoms with Crippen LogP contribution < -0.4 is 0 Å². The van der Waals surface area contributed by atoms with Gasteiger partial charge in [-0.25, -0.2) is 4.79 Å². The van der Waals surface area contributed by atoms with Crippen molar-refractivity contribution < 1.29 is 39.9 Å². The molecule has 5 N–H and O–H groups in total. The molecule has 0 amide bonds. The normalized spacial score (nSPS) is 15.5. The minimum atomic E-state index is -1.93. The van der Waals surface area contributed by atoms with Crippen LogP contribution in [0.2, 0.25) is 0 Å². The van der Waals surface area contributed by atoms with Crippen molar-refractivity contribution in [3.63, 3.8) is 0 Å². The Morgan fingerprint density at radius 3 is 2.06 bits per heavy atom. The van der Waals surface area contributed by atoms with Crippen LogP contribution in [0.4, 0.5) is 0 Å². The zero-order chi connectivity index (χ0) is 12.7. The molecule has 17 heavy (non-hydrogen) atoms. The predicted molar refractivity (Wildman–Crippen MR) is 55.7 cm³/mol. The van der Waals surface area contributed by atoms with Crippen molar-refractivity contribution in [2.75, 3.05) is 19.8 Å². The summed E-state index contributed by atoms with van der Waals surface area (Å²) in [5, 5.41) is 43.8. The Morgan fingerprint density at radius 2 is 1.65 bits per heavy atom. The maximum absolute atomic E-state index is 11.1. The van der Waals surface area contributed by atoms with Gasteiger partial charge in [-0.2, -0.15) is 0 Å². The predicted octanol–water partition coefficient (Wildman–Crippen LogP) is -3.92. The van der Waals surface area contributed by atoms with Gasteiger partial charge < -0.3 is 30.3 Å². The van der Waals surface area contributed by atoms with Crippen molar-refractivity contribution in [3.05, 3.63) is 0 Å². The molecule has 8 nitrogen and oxygen atoms in total. The third kappa shape index (κ3) is 7.79. The number of aliphatic hydroxyl groups is 4. The van der Waals surface area contributed by atoms with E-state index in [1.165, 1.54) is 0 Å². The average Bonchev–Trinajstić information content (AvgIpc) is 2.25. The van der Waals surface area contributed by atoms with Crippen LogP contribution in [-0.2, 0) is 14.3 Å². The first kappa shape index (κ1) is 19.3. The molecule has 0 spiro atoms. The summed E-state index contributed by atoms with van der Waals surface area (Å²) in [4.78, 5) is 21.1. The number of hydrogen-bond donors (Lipinski definition) is 5. The summed E-state index contributed by atoms with van der Waals surface area (Å²) in [6.45, 7) is -2.23. The molecule has 0 aromatic rings. The SMILES string of the molecule is O=C(O)COCC(=O)[C@H](O)[C@@H](O)[C@H](O)CO.[NaH]. The van der Waals surface area contributed by atoms with Crippen molar-refractivity contribution in [2.45, 2.75) is 18.3 Å². The number of rotatable bonds is 8. The number of carboxylic acid groups (broad SMARTS) is 1. The number of carbonyl (C=O) groups is 2. The standard InChI is InChI=1S/C8H14O8.Na.H/c9-1-4(10)7(14)8(15)5(11)2-16-3-6(12)13;;/h4,7-10,14-15H,1-3H2,(H,12,13);;/t4-,7+,8+;;/m1../s1. The molecule has 0 saturated heterocycles. The van der Waals surface area contributed by atoms with Gasteiger partial charge in [-0.05, 0) is 0 Å². The number of carboxylic acids is 1. The Hall–Kier alpha value is -0.0600. The van der Waals surface area contributed by atoms with Crippen LogP contribution in [0.25, 0.3) is 0 Å². The second-order valence-electron chi connectivity index (χ2n) is 3.04. The Labute approximate surface area is 119 Å². The number of ether oxygens (including phenoxy) is 1. The fourth-order valence-corrected chi connectivity index (χ4v) is 0.833. The summed E-state index contributed by atoms with van der Waals surface area (Å²) < 4.78 is 4.38. The quantitative estimate of drug-likeness (QED) is 0.279. The summed E-state index contributed by atoms with van der Waals surface area (Å²) in [6, 6.07) is 0. The molecule has 0 radical (unpaired) electrons. The van der Waals surface area contributed by atoms with Gasteiger partial charge in [-0.1, -0.05) is 0 Å². The van der Waals surface area contributed by atoms with E-state index in [-0.39, 0.29) is 29.6 Å². The number of carbonyl (C=O) groups excluding carboxylic acids is 1. The molecule has 0 aromatic heterocycles. The van der Waals surface area contributed by atoms with E-state index in [1.807, 2.05) is 0 Å². The van der Waals surface area contributed by atoms with E-state index in [0.29, 0.717) is 0 Å². The van der Waals surface area contributed by atoms with Gasteiger partial charge in [-0.3, -0.25) is 4.79 Å². The van der Waals surface area contributed by atoms with Gasteiger partial charge in [0, 0.05) is 0 Å². The Kier molecular flexibility index (Phi) is 11.3. The third-order valence-corrected chi connectivity index (χ3v) is 1.70. The molecule has 0 aromatic carbocycles. The van der Waals surface area contributed by atoms with Crippen molar-refractivity contribution in [3.8, 4) is 0 Å². The van der Waals surface area contributed by atoms with Gasteiger partial charge in [0.15, 0.2) is 5.78 Å². The molecular weight excluding hydrogens is 247 g/mol. The Morgan fingerprint density at radius 1 is 1.12 bits per heavy atom. The first-order valence-corrected chi connectivity index (χ1v) is 4.37. The van der Waals surface area contributed by atoms with E-state index in [2.05, 4.69) is 4.74 Å². The van der Waals surface area contributed by atoms with Gasteiger partial charge in [0.25, 0.3) is 0 Å². The minimum absolute atomic E-state index is 0. The Bertz CT molecular complexity index is 246. The van der Waals surface area contributed by atoms with E-state index < -0.39 is 49.9 Å². The van der Waals surface area contributed by atoms with Crippen LogP contribution >= 0.6 is 0 Å². The van der Waals surface area contributed by atoms with Crippen molar-refractivity contribution in [1.29, 1.82) is 0 Å². The molecule has 0 aliphatic rings. The van der Waals surface area contributed by atoms with Gasteiger partial charge in [0.2, 0.25) is 0 Å². The molecule has 3 atom stereocenters. The maximum atomic E-state index is 11.1. The van der Waals surface area contributed by atoms with Crippen LogP contribution in [0, 0.1) is 0 Å². The zero-order valence-corrected chi connectivity index (χ0v) is 8.31. The van der Waals surface area contributed by atoms with Crippen LogP contribution in [0.5, 0.6) is 0 Å². The second-order valence-corrected chi connectivity index (χ2v) is 3.04. The molecule has 0 saturated carbocycles. The van der Waals surface area contributed by atoms with E-state index >= 15 is 0 Å². The van der Waals surface area contributed by atoms with Gasteiger partial charge in [0.05, 0.1) is 6.61 Å². The number of aliphatic carboxylic acids is 1. The second kappa shape index (κ2) is 9.92. The van der Waals surface area contributed by atoms with E-state index in [0.717, 1.165) is 0 Å². The summed E-state index contributed by atoms with van der Waals surface area (Å²) in [5.41, 5.74) is 0. The van der Waals surface area contributed by atoms with E-state index in [9.17, 15) is 9.59 Å². The van der Waals surface area contributed by atoms with Crippen LogP contribution in [0.15, 0.2) is 0 Å². The van der Waals surface area contributed by atoms with Crippen LogP contribution in [0.1, 0.15) is 0 Å². The van der Waals surface area contributed by atoms with Gasteiger partial charge in [0.1, 0.15) is 31.5 Å². The molecule has 96 valence electrons. The molecule has 0 aliphatic carbocycles. The van der Waals surface area contributed by atoms with E-state index in [1.54, 1.807) is 0 Å². The van der Waals surface area contributed by atoms with E-state index in [4.69, 9.17) is 25.5 Å². The van der Waals surface area contributed by atoms with Gasteiger partial charge in [-0.15, -0.1) is 0 Å². The fraction of sp³-hybridized carbons (Fsp3) is 0.750. The summed E-state index contributed by atoms with van der Waals surface area (Å²) in [7, 11) is 0. The summed E-state index contributed by atoms with van der Waals surface area (Å²) in [5.74, 6) is -2.26. The zero-order valence-electron chi connectivity index (χ0n) is 8.31. The first-order chi connectivity index (χ1) is 7.40. The van der Waals surface area contributed by atoms with Crippen molar-refractivity contribution in [1.82, 2.24) is 0 Å². The first-order valence-electron chi connectivity index (χ1n) is 4.37. The van der Waals surface area contributed by atoms with Crippen molar-refractivity contribution >= 4 is 41.3 Å². The number of Topliss-reactive ketones (excluding diaryl/α,β-unsaturated/α-hetero) is 1. The fourth-order valence-electron chi connectivity index (χ4n) is 0.833.